The van der Waals surface area contributed by atoms with Crippen LogP contribution < -0.4 is 10.1 Å². The summed E-state index contributed by atoms with van der Waals surface area (Å²) in [7, 11) is 3.32. The highest BCUT2D eigenvalue weighted by Gasteiger charge is 2.25. The van der Waals surface area contributed by atoms with Gasteiger partial charge < -0.3 is 15.0 Å². The van der Waals surface area contributed by atoms with E-state index in [1.54, 1.807) is 17.9 Å². The lowest BCUT2D eigenvalue weighted by Gasteiger charge is -2.32. The first-order valence-corrected chi connectivity index (χ1v) is 8.33. The molecule has 6 nitrogen and oxygen atoms in total. The van der Waals surface area contributed by atoms with Gasteiger partial charge in [-0.3, -0.25) is 4.68 Å². The number of benzene rings is 1. The third-order valence-corrected chi connectivity index (χ3v) is 4.57. The molecule has 1 aliphatic heterocycles. The van der Waals surface area contributed by atoms with Crippen molar-refractivity contribution in [3.05, 3.63) is 41.0 Å². The number of halogens is 1. The molecule has 0 unspecified atom stereocenters. The maximum atomic E-state index is 12.4. The number of carbonyl (C=O) groups is 1. The number of ether oxygens (including phenoxy) is 1. The molecule has 0 atom stereocenters. The van der Waals surface area contributed by atoms with Crippen LogP contribution in [-0.2, 0) is 7.05 Å². The third-order valence-electron chi connectivity index (χ3n) is 4.33. The Bertz CT molecular complexity index is 723. The van der Waals surface area contributed by atoms with Gasteiger partial charge in [0.1, 0.15) is 5.69 Å². The number of aromatic nitrogens is 2. The molecular weight excluding hydrogens is 328 g/mol. The first-order valence-electron chi connectivity index (χ1n) is 7.96. The number of likely N-dealkylation sites (tertiary alicyclic amines) is 1. The normalized spacial score (nSPS) is 15.4. The fourth-order valence-electron chi connectivity index (χ4n) is 3.08. The number of urea groups is 1. The second kappa shape index (κ2) is 7.13. The summed E-state index contributed by atoms with van der Waals surface area (Å²) in [6.07, 6.45) is 3.59. The van der Waals surface area contributed by atoms with E-state index in [0.29, 0.717) is 30.6 Å². The zero-order chi connectivity index (χ0) is 17.1. The van der Waals surface area contributed by atoms with Gasteiger partial charge >= 0.3 is 6.03 Å². The van der Waals surface area contributed by atoms with Crippen molar-refractivity contribution in [2.45, 2.75) is 18.8 Å². The molecule has 3 rings (SSSR count). The molecule has 128 valence electrons. The highest BCUT2D eigenvalue weighted by Crippen LogP contribution is 2.30. The van der Waals surface area contributed by atoms with Crippen molar-refractivity contribution in [2.24, 2.45) is 7.05 Å². The monoisotopic (exact) mass is 348 g/mol. The molecule has 1 saturated heterocycles. The van der Waals surface area contributed by atoms with Crippen molar-refractivity contribution in [2.75, 3.05) is 25.5 Å². The lowest BCUT2D eigenvalue weighted by molar-refractivity contribution is 0.194. The molecule has 1 fully saturated rings. The molecule has 2 aromatic rings. The Labute approximate surface area is 146 Å². The van der Waals surface area contributed by atoms with Gasteiger partial charge in [0, 0.05) is 25.2 Å². The molecule has 7 heteroatoms. The van der Waals surface area contributed by atoms with Crippen molar-refractivity contribution in [1.29, 1.82) is 0 Å². The van der Waals surface area contributed by atoms with Crippen LogP contribution in [0.2, 0.25) is 5.02 Å². The number of carbonyl (C=O) groups excluding carboxylic acids is 1. The molecule has 2 amide bonds. The molecule has 0 saturated carbocycles. The molecule has 0 aliphatic carbocycles. The average molecular weight is 349 g/mol. The Kier molecular flexibility index (Phi) is 4.94. The number of amides is 2. The molecule has 24 heavy (non-hydrogen) atoms. The fourth-order valence-corrected chi connectivity index (χ4v) is 3.27. The zero-order valence-electron chi connectivity index (χ0n) is 13.8. The Balaban J connectivity index is 1.59. The minimum atomic E-state index is -0.120. The van der Waals surface area contributed by atoms with Crippen LogP contribution in [0.4, 0.5) is 10.5 Å². The molecule has 0 spiro atoms. The maximum absolute atomic E-state index is 12.4. The zero-order valence-corrected chi connectivity index (χ0v) is 14.6. The van der Waals surface area contributed by atoms with E-state index in [4.69, 9.17) is 16.3 Å². The van der Waals surface area contributed by atoms with Gasteiger partial charge in [-0.15, -0.1) is 5.10 Å². The van der Waals surface area contributed by atoms with Crippen LogP contribution >= 0.6 is 11.6 Å². The SMILES string of the molecule is COc1nn(C)cc1NC(=O)N1CCC(c2cccc(Cl)c2)CC1. The number of methoxy groups -OCH3 is 1. The second-order valence-electron chi connectivity index (χ2n) is 5.97. The van der Waals surface area contributed by atoms with Gasteiger partial charge in [0.05, 0.1) is 13.3 Å². The number of nitrogens with zero attached hydrogens (tertiary/aromatic N) is 3. The molecule has 1 aromatic carbocycles. The summed E-state index contributed by atoms with van der Waals surface area (Å²) in [6.45, 7) is 1.43. The van der Waals surface area contributed by atoms with Gasteiger partial charge in [-0.1, -0.05) is 23.7 Å². The molecule has 2 heterocycles. The third kappa shape index (κ3) is 3.64. The summed E-state index contributed by atoms with van der Waals surface area (Å²) in [5.41, 5.74) is 1.83. The van der Waals surface area contributed by atoms with Gasteiger partial charge in [0.15, 0.2) is 0 Å². The quantitative estimate of drug-likeness (QED) is 0.923. The van der Waals surface area contributed by atoms with Crippen LogP contribution in [0.5, 0.6) is 5.88 Å². The van der Waals surface area contributed by atoms with Crippen molar-refractivity contribution >= 4 is 23.3 Å². The standard InChI is InChI=1S/C17H21ClN4O2/c1-21-11-15(16(20-21)24-2)19-17(23)22-8-6-12(7-9-22)13-4-3-5-14(18)10-13/h3-5,10-12H,6-9H2,1-2H3,(H,19,23). The minimum absolute atomic E-state index is 0.120. The van der Waals surface area contributed by atoms with Gasteiger partial charge in [-0.2, -0.15) is 0 Å². The summed E-state index contributed by atoms with van der Waals surface area (Å²) in [5, 5.41) is 7.77. The minimum Gasteiger partial charge on any atom is -0.478 e. The van der Waals surface area contributed by atoms with E-state index >= 15 is 0 Å². The van der Waals surface area contributed by atoms with E-state index in [9.17, 15) is 4.79 Å². The molecule has 0 radical (unpaired) electrons. The topological polar surface area (TPSA) is 59.4 Å². The van der Waals surface area contributed by atoms with Crippen LogP contribution in [0, 0.1) is 0 Å². The van der Waals surface area contributed by atoms with E-state index in [1.807, 2.05) is 23.1 Å². The predicted octanol–water partition coefficient (Wildman–Crippen LogP) is 3.49. The molecule has 1 N–H and O–H groups in total. The Morgan fingerprint density at radius 1 is 1.38 bits per heavy atom. The van der Waals surface area contributed by atoms with Crippen molar-refractivity contribution in [1.82, 2.24) is 14.7 Å². The Hall–Kier alpha value is -2.21. The van der Waals surface area contributed by atoms with Crippen molar-refractivity contribution in [3.8, 4) is 5.88 Å². The summed E-state index contributed by atoms with van der Waals surface area (Å²) < 4.78 is 6.77. The summed E-state index contributed by atoms with van der Waals surface area (Å²) in [5.74, 6) is 0.861. The first kappa shape index (κ1) is 16.6. The van der Waals surface area contributed by atoms with Gasteiger partial charge in [0.25, 0.3) is 5.88 Å². The van der Waals surface area contributed by atoms with Crippen LogP contribution in [-0.4, -0.2) is 40.9 Å². The van der Waals surface area contributed by atoms with Crippen LogP contribution in [0.15, 0.2) is 30.5 Å². The Morgan fingerprint density at radius 2 is 2.12 bits per heavy atom. The summed E-state index contributed by atoms with van der Waals surface area (Å²) >= 11 is 6.07. The van der Waals surface area contributed by atoms with E-state index in [0.717, 1.165) is 17.9 Å². The van der Waals surface area contributed by atoms with Gasteiger partial charge in [-0.05, 0) is 36.5 Å². The van der Waals surface area contributed by atoms with Gasteiger partial charge in [-0.25, -0.2) is 4.79 Å². The predicted molar refractivity (Wildman–Crippen MR) is 93.8 cm³/mol. The summed E-state index contributed by atoms with van der Waals surface area (Å²) in [6, 6.07) is 7.86. The number of hydrogen-bond acceptors (Lipinski definition) is 3. The Morgan fingerprint density at radius 3 is 2.79 bits per heavy atom. The smallest absolute Gasteiger partial charge is 0.322 e. The van der Waals surface area contributed by atoms with Crippen LogP contribution in [0.3, 0.4) is 0 Å². The number of aryl methyl sites for hydroxylation is 1. The maximum Gasteiger partial charge on any atom is 0.322 e. The van der Waals surface area contributed by atoms with E-state index in [-0.39, 0.29) is 6.03 Å². The summed E-state index contributed by atoms with van der Waals surface area (Å²) in [4.78, 5) is 14.3. The molecular formula is C17H21ClN4O2. The van der Waals surface area contributed by atoms with Gasteiger partial charge in [0.2, 0.25) is 0 Å². The average Bonchev–Trinajstić information content (AvgIpc) is 2.94. The molecule has 1 aliphatic rings. The van der Waals surface area contributed by atoms with E-state index in [2.05, 4.69) is 16.5 Å². The lowest BCUT2D eigenvalue weighted by Crippen LogP contribution is -2.40. The molecule has 1 aromatic heterocycles. The number of anilines is 1. The highest BCUT2D eigenvalue weighted by molar-refractivity contribution is 6.30. The number of rotatable bonds is 3. The van der Waals surface area contributed by atoms with Crippen LogP contribution in [0.1, 0.15) is 24.3 Å². The van der Waals surface area contributed by atoms with Crippen molar-refractivity contribution in [3.63, 3.8) is 0 Å². The van der Waals surface area contributed by atoms with Crippen molar-refractivity contribution < 1.29 is 9.53 Å². The largest absolute Gasteiger partial charge is 0.478 e. The first-order chi connectivity index (χ1) is 11.6. The number of piperidine rings is 1. The highest BCUT2D eigenvalue weighted by atomic mass is 35.5. The fraction of sp³-hybridized carbons (Fsp3) is 0.412. The number of nitrogens with one attached hydrogen (secondary N) is 1. The number of hydrogen-bond donors (Lipinski definition) is 1. The van der Waals surface area contributed by atoms with E-state index < -0.39 is 0 Å². The molecule has 0 bridgehead atoms. The van der Waals surface area contributed by atoms with E-state index in [1.165, 1.54) is 12.7 Å². The second-order valence-corrected chi connectivity index (χ2v) is 6.41. The lowest BCUT2D eigenvalue weighted by atomic mass is 9.89. The van der Waals surface area contributed by atoms with Crippen LogP contribution in [0.25, 0.3) is 0 Å².